The van der Waals surface area contributed by atoms with Gasteiger partial charge in [-0.2, -0.15) is 0 Å². The normalized spacial score (nSPS) is 10.6. The first-order valence-corrected chi connectivity index (χ1v) is 2.93. The van der Waals surface area contributed by atoms with Crippen LogP contribution in [0.1, 0.15) is 11.5 Å². The van der Waals surface area contributed by atoms with Gasteiger partial charge in [0.15, 0.2) is 5.76 Å². The standard InChI is InChI=1S/C6H6N2O3/c1-5-4-6(11-7-5)2-3-8(9)10/h2-4H,1H3/b3-2+. The molecule has 1 heterocycles. The summed E-state index contributed by atoms with van der Waals surface area (Å²) < 4.78 is 4.67. The monoisotopic (exact) mass is 154 g/mol. The third kappa shape index (κ3) is 2.21. The number of rotatable bonds is 2. The largest absolute Gasteiger partial charge is 0.356 e. The van der Waals surface area contributed by atoms with Gasteiger partial charge in [0.25, 0.3) is 0 Å². The number of aromatic nitrogens is 1. The summed E-state index contributed by atoms with van der Waals surface area (Å²) in [6, 6.07) is 1.61. The molecule has 0 atom stereocenters. The van der Waals surface area contributed by atoms with Gasteiger partial charge < -0.3 is 4.52 Å². The zero-order chi connectivity index (χ0) is 8.27. The van der Waals surface area contributed by atoms with Crippen LogP contribution in [0.4, 0.5) is 0 Å². The highest BCUT2D eigenvalue weighted by Gasteiger charge is 1.96. The minimum Gasteiger partial charge on any atom is -0.356 e. The van der Waals surface area contributed by atoms with Gasteiger partial charge in [0.2, 0.25) is 6.20 Å². The van der Waals surface area contributed by atoms with Crippen LogP contribution in [0, 0.1) is 17.0 Å². The van der Waals surface area contributed by atoms with E-state index in [0.29, 0.717) is 11.5 Å². The van der Waals surface area contributed by atoms with Gasteiger partial charge >= 0.3 is 0 Å². The van der Waals surface area contributed by atoms with Crippen LogP contribution in [-0.2, 0) is 0 Å². The summed E-state index contributed by atoms with van der Waals surface area (Å²) >= 11 is 0. The number of hydrogen-bond acceptors (Lipinski definition) is 4. The highest BCUT2D eigenvalue weighted by molar-refractivity contribution is 5.40. The molecule has 0 aliphatic rings. The van der Waals surface area contributed by atoms with Crippen molar-refractivity contribution in [1.82, 2.24) is 5.16 Å². The first-order valence-electron chi connectivity index (χ1n) is 2.93. The van der Waals surface area contributed by atoms with E-state index in [1.807, 2.05) is 0 Å². The van der Waals surface area contributed by atoms with Crippen molar-refractivity contribution in [3.05, 3.63) is 33.8 Å². The van der Waals surface area contributed by atoms with Gasteiger partial charge in [-0.05, 0) is 6.92 Å². The Labute approximate surface area is 62.5 Å². The topological polar surface area (TPSA) is 69.2 Å². The second-order valence-corrected chi connectivity index (χ2v) is 1.97. The smallest absolute Gasteiger partial charge is 0.238 e. The van der Waals surface area contributed by atoms with Gasteiger partial charge in [-0.3, -0.25) is 10.1 Å². The second kappa shape index (κ2) is 2.96. The summed E-state index contributed by atoms with van der Waals surface area (Å²) in [6.45, 7) is 1.74. The van der Waals surface area contributed by atoms with Gasteiger partial charge in [-0.25, -0.2) is 0 Å². The molecule has 1 rings (SSSR count). The van der Waals surface area contributed by atoms with Gasteiger partial charge in [-0.15, -0.1) is 0 Å². The molecule has 11 heavy (non-hydrogen) atoms. The summed E-state index contributed by atoms with van der Waals surface area (Å²) in [5, 5.41) is 13.4. The van der Waals surface area contributed by atoms with Crippen LogP contribution in [-0.4, -0.2) is 10.1 Å². The van der Waals surface area contributed by atoms with Crippen molar-refractivity contribution in [2.75, 3.05) is 0 Å². The van der Waals surface area contributed by atoms with E-state index in [0.717, 1.165) is 6.20 Å². The molecule has 0 aromatic carbocycles. The molecule has 1 aromatic rings. The summed E-state index contributed by atoms with van der Waals surface area (Å²) in [7, 11) is 0. The maximum absolute atomic E-state index is 9.84. The van der Waals surface area contributed by atoms with Crippen LogP contribution in [0.5, 0.6) is 0 Å². The number of nitrogens with zero attached hydrogens (tertiary/aromatic N) is 2. The Balaban J connectivity index is 2.71. The highest BCUT2D eigenvalue weighted by atomic mass is 16.6. The molecule has 0 fully saturated rings. The molecular formula is C6H6N2O3. The summed E-state index contributed by atoms with van der Waals surface area (Å²) in [6.07, 6.45) is 2.06. The van der Waals surface area contributed by atoms with E-state index in [9.17, 15) is 10.1 Å². The zero-order valence-electron chi connectivity index (χ0n) is 5.85. The molecule has 0 saturated heterocycles. The molecular weight excluding hydrogens is 148 g/mol. The van der Waals surface area contributed by atoms with E-state index in [4.69, 9.17) is 0 Å². The van der Waals surface area contributed by atoms with Crippen LogP contribution >= 0.6 is 0 Å². The molecule has 58 valence electrons. The van der Waals surface area contributed by atoms with Crippen molar-refractivity contribution >= 4 is 6.08 Å². The number of hydrogen-bond donors (Lipinski definition) is 0. The van der Waals surface area contributed by atoms with Crippen molar-refractivity contribution in [3.8, 4) is 0 Å². The van der Waals surface area contributed by atoms with E-state index in [2.05, 4.69) is 9.68 Å². The zero-order valence-corrected chi connectivity index (χ0v) is 5.85. The lowest BCUT2D eigenvalue weighted by Gasteiger charge is -1.76. The van der Waals surface area contributed by atoms with E-state index in [1.165, 1.54) is 6.08 Å². The van der Waals surface area contributed by atoms with Crippen molar-refractivity contribution in [2.45, 2.75) is 6.92 Å². The molecule has 0 unspecified atom stereocenters. The molecule has 0 amide bonds. The molecule has 0 bridgehead atoms. The van der Waals surface area contributed by atoms with Crippen LogP contribution < -0.4 is 0 Å². The third-order valence-electron chi connectivity index (χ3n) is 1.01. The first kappa shape index (κ1) is 7.46. The second-order valence-electron chi connectivity index (χ2n) is 1.97. The third-order valence-corrected chi connectivity index (χ3v) is 1.01. The van der Waals surface area contributed by atoms with Gasteiger partial charge in [0.05, 0.1) is 16.7 Å². The van der Waals surface area contributed by atoms with Gasteiger partial charge in [-0.1, -0.05) is 5.16 Å². The van der Waals surface area contributed by atoms with E-state index in [1.54, 1.807) is 13.0 Å². The Morgan fingerprint density at radius 3 is 3.00 bits per heavy atom. The molecule has 5 heteroatoms. The van der Waals surface area contributed by atoms with Crippen molar-refractivity contribution in [1.29, 1.82) is 0 Å². The Morgan fingerprint density at radius 2 is 2.55 bits per heavy atom. The van der Waals surface area contributed by atoms with E-state index >= 15 is 0 Å². The number of aryl methyl sites for hydroxylation is 1. The van der Waals surface area contributed by atoms with E-state index in [-0.39, 0.29) is 0 Å². The lowest BCUT2D eigenvalue weighted by molar-refractivity contribution is -0.401. The molecule has 0 saturated carbocycles. The lowest BCUT2D eigenvalue weighted by Crippen LogP contribution is -1.80. The molecule has 1 aromatic heterocycles. The predicted octanol–water partition coefficient (Wildman–Crippen LogP) is 1.23. The van der Waals surface area contributed by atoms with Gasteiger partial charge in [0, 0.05) is 6.07 Å². The number of nitro groups is 1. The Morgan fingerprint density at radius 1 is 1.82 bits per heavy atom. The Kier molecular flexibility index (Phi) is 2.00. The van der Waals surface area contributed by atoms with Crippen LogP contribution in [0.2, 0.25) is 0 Å². The summed E-state index contributed by atoms with van der Waals surface area (Å²) in [5.74, 6) is 0.388. The SMILES string of the molecule is Cc1cc(/C=C/[N+](=O)[O-])on1. The maximum Gasteiger partial charge on any atom is 0.238 e. The Hall–Kier alpha value is -1.65. The average Bonchev–Trinajstić information content (AvgIpc) is 2.31. The van der Waals surface area contributed by atoms with Crippen LogP contribution in [0.25, 0.3) is 6.08 Å². The van der Waals surface area contributed by atoms with Crippen molar-refractivity contribution < 1.29 is 9.45 Å². The lowest BCUT2D eigenvalue weighted by atomic mass is 10.4. The molecule has 0 spiro atoms. The minimum atomic E-state index is -0.558. The highest BCUT2D eigenvalue weighted by Crippen LogP contribution is 2.03. The van der Waals surface area contributed by atoms with Gasteiger partial charge in [0.1, 0.15) is 0 Å². The average molecular weight is 154 g/mol. The molecule has 0 aliphatic carbocycles. The van der Waals surface area contributed by atoms with Crippen LogP contribution in [0.3, 0.4) is 0 Å². The molecule has 0 aliphatic heterocycles. The fourth-order valence-corrected chi connectivity index (χ4v) is 0.596. The molecule has 0 radical (unpaired) electrons. The van der Waals surface area contributed by atoms with E-state index < -0.39 is 4.92 Å². The minimum absolute atomic E-state index is 0.388. The van der Waals surface area contributed by atoms with Crippen LogP contribution in [0.15, 0.2) is 16.8 Å². The molecule has 0 N–H and O–H groups in total. The first-order chi connectivity index (χ1) is 5.18. The predicted molar refractivity (Wildman–Crippen MR) is 37.3 cm³/mol. The summed E-state index contributed by atoms with van der Waals surface area (Å²) in [5.41, 5.74) is 0.702. The molecule has 5 nitrogen and oxygen atoms in total. The maximum atomic E-state index is 9.84. The van der Waals surface area contributed by atoms with Crippen molar-refractivity contribution in [3.63, 3.8) is 0 Å². The quantitative estimate of drug-likeness (QED) is 0.474. The fourth-order valence-electron chi connectivity index (χ4n) is 0.596. The Bertz CT molecular complexity index is 290. The van der Waals surface area contributed by atoms with Crippen molar-refractivity contribution in [2.24, 2.45) is 0 Å². The summed E-state index contributed by atoms with van der Waals surface area (Å²) in [4.78, 5) is 9.28. The fraction of sp³-hybridized carbons (Fsp3) is 0.167.